The Hall–Kier alpha value is -0.630. The fourth-order valence-corrected chi connectivity index (χ4v) is 1.11. The van der Waals surface area contributed by atoms with Crippen molar-refractivity contribution in [3.05, 3.63) is 22.4 Å². The Kier molecular flexibility index (Phi) is 3.17. The molecule has 0 spiro atoms. The lowest BCUT2D eigenvalue weighted by Gasteiger charge is -1.79. The molecule has 0 amide bonds. The monoisotopic (exact) mass is 142 g/mol. The number of rotatable bonds is 1. The van der Waals surface area contributed by atoms with Crippen molar-refractivity contribution in [2.24, 2.45) is 0 Å². The maximum absolute atomic E-state index is 10.5. The highest BCUT2D eigenvalue weighted by atomic mass is 32.1. The van der Waals surface area contributed by atoms with Gasteiger partial charge in [0.15, 0.2) is 5.78 Å². The zero-order chi connectivity index (χ0) is 5.98. The summed E-state index contributed by atoms with van der Waals surface area (Å²) in [6, 6.07) is 3.70. The highest BCUT2D eigenvalue weighted by Crippen LogP contribution is 2.07. The van der Waals surface area contributed by atoms with Crippen LogP contribution in [0.25, 0.3) is 0 Å². The number of carbonyl (C=O) groups is 1. The summed E-state index contributed by atoms with van der Waals surface area (Å²) >= 11 is 1.48. The Morgan fingerprint density at radius 2 is 2.33 bits per heavy atom. The van der Waals surface area contributed by atoms with E-state index in [0.717, 1.165) is 4.88 Å². The zero-order valence-electron chi connectivity index (χ0n) is 4.55. The normalized spacial score (nSPS) is 8.11. The largest absolute Gasteiger partial charge is 0.294 e. The zero-order valence-corrected chi connectivity index (χ0v) is 5.37. The third-order valence-corrected chi connectivity index (χ3v) is 1.84. The third-order valence-electron chi connectivity index (χ3n) is 0.868. The second-order valence-electron chi connectivity index (χ2n) is 1.53. The lowest BCUT2D eigenvalue weighted by atomic mass is 10.4. The van der Waals surface area contributed by atoms with Gasteiger partial charge in [-0.05, 0) is 18.4 Å². The van der Waals surface area contributed by atoms with Crippen molar-refractivity contribution >= 4 is 17.1 Å². The Balaban J connectivity index is 0.000000640. The standard InChI is InChI=1S/C6H6OS.CH4/c1-5(7)6-3-2-4-8-6;/h2-4H,1H3;1H4. The molecule has 0 N–H and O–H groups in total. The lowest BCUT2D eigenvalue weighted by molar-refractivity contribution is 0.102. The van der Waals surface area contributed by atoms with Crippen LogP contribution in [0.5, 0.6) is 0 Å². The molecule has 0 aliphatic rings. The molecule has 0 aromatic carbocycles. The topological polar surface area (TPSA) is 17.1 Å². The van der Waals surface area contributed by atoms with Crippen molar-refractivity contribution in [2.45, 2.75) is 14.4 Å². The van der Waals surface area contributed by atoms with E-state index in [2.05, 4.69) is 0 Å². The number of hydrogen-bond acceptors (Lipinski definition) is 2. The number of carbonyl (C=O) groups excluding carboxylic acids is 1. The minimum absolute atomic E-state index is 0. The Morgan fingerprint density at radius 1 is 1.67 bits per heavy atom. The van der Waals surface area contributed by atoms with Gasteiger partial charge in [0, 0.05) is 0 Å². The summed E-state index contributed by atoms with van der Waals surface area (Å²) in [5.74, 6) is 0.153. The van der Waals surface area contributed by atoms with Gasteiger partial charge < -0.3 is 0 Å². The van der Waals surface area contributed by atoms with Gasteiger partial charge in [0.2, 0.25) is 0 Å². The van der Waals surface area contributed by atoms with Gasteiger partial charge in [-0.15, -0.1) is 11.3 Å². The van der Waals surface area contributed by atoms with Gasteiger partial charge in [-0.25, -0.2) is 0 Å². The van der Waals surface area contributed by atoms with Crippen molar-refractivity contribution in [3.63, 3.8) is 0 Å². The van der Waals surface area contributed by atoms with E-state index in [-0.39, 0.29) is 13.2 Å². The number of hydrogen-bond donors (Lipinski definition) is 0. The molecule has 0 saturated heterocycles. The molecule has 2 heteroatoms. The van der Waals surface area contributed by atoms with Crippen LogP contribution in [0.4, 0.5) is 0 Å². The Bertz CT molecular complexity index is 177. The van der Waals surface area contributed by atoms with Crippen LogP contribution in [0, 0.1) is 0 Å². The average Bonchev–Trinajstić information content (AvgIpc) is 2.12. The summed E-state index contributed by atoms with van der Waals surface area (Å²) in [5.41, 5.74) is 0. The van der Waals surface area contributed by atoms with Gasteiger partial charge in [0.05, 0.1) is 4.88 Å². The minimum atomic E-state index is 0. The second-order valence-corrected chi connectivity index (χ2v) is 2.48. The molecule has 1 rings (SSSR count). The van der Waals surface area contributed by atoms with Crippen LogP contribution in [-0.2, 0) is 0 Å². The van der Waals surface area contributed by atoms with E-state index in [1.54, 1.807) is 6.92 Å². The number of ketones is 1. The van der Waals surface area contributed by atoms with E-state index in [1.807, 2.05) is 17.5 Å². The second kappa shape index (κ2) is 3.41. The fraction of sp³-hybridized carbons (Fsp3) is 0.286. The van der Waals surface area contributed by atoms with E-state index >= 15 is 0 Å². The summed E-state index contributed by atoms with van der Waals surface area (Å²) < 4.78 is 0. The molecule has 0 fully saturated rings. The smallest absolute Gasteiger partial charge is 0.169 e. The SMILES string of the molecule is C.CC(=O)c1cccs1. The summed E-state index contributed by atoms with van der Waals surface area (Å²) in [4.78, 5) is 11.4. The summed E-state index contributed by atoms with van der Waals surface area (Å²) in [7, 11) is 0. The first-order valence-corrected chi connectivity index (χ1v) is 3.23. The van der Waals surface area contributed by atoms with Crippen LogP contribution < -0.4 is 0 Å². The lowest BCUT2D eigenvalue weighted by Crippen LogP contribution is -1.83. The summed E-state index contributed by atoms with van der Waals surface area (Å²) in [6.45, 7) is 1.58. The van der Waals surface area contributed by atoms with Crippen LogP contribution >= 0.6 is 11.3 Å². The highest BCUT2D eigenvalue weighted by Gasteiger charge is 1.95. The van der Waals surface area contributed by atoms with Gasteiger partial charge in [-0.3, -0.25) is 4.79 Å². The maximum atomic E-state index is 10.5. The van der Waals surface area contributed by atoms with E-state index < -0.39 is 0 Å². The summed E-state index contributed by atoms with van der Waals surface area (Å²) in [5, 5.41) is 1.90. The van der Waals surface area contributed by atoms with Crippen molar-refractivity contribution in [1.29, 1.82) is 0 Å². The van der Waals surface area contributed by atoms with Crippen LogP contribution in [0.3, 0.4) is 0 Å². The molecule has 0 bridgehead atoms. The average molecular weight is 142 g/mol. The molecular formula is C7H10OS. The highest BCUT2D eigenvalue weighted by molar-refractivity contribution is 7.12. The number of thiophene rings is 1. The van der Waals surface area contributed by atoms with Crippen LogP contribution in [0.2, 0.25) is 0 Å². The molecule has 0 aliphatic heterocycles. The molecule has 50 valence electrons. The molecule has 1 nitrogen and oxygen atoms in total. The van der Waals surface area contributed by atoms with Crippen molar-refractivity contribution < 1.29 is 4.79 Å². The van der Waals surface area contributed by atoms with Crippen LogP contribution in [0.1, 0.15) is 24.0 Å². The van der Waals surface area contributed by atoms with E-state index in [4.69, 9.17) is 0 Å². The predicted molar refractivity (Wildman–Crippen MR) is 41.1 cm³/mol. The molecule has 0 unspecified atom stereocenters. The molecular weight excluding hydrogens is 132 g/mol. The van der Waals surface area contributed by atoms with Gasteiger partial charge in [0.25, 0.3) is 0 Å². The van der Waals surface area contributed by atoms with Gasteiger partial charge in [-0.1, -0.05) is 13.5 Å². The van der Waals surface area contributed by atoms with Crippen LogP contribution in [-0.4, -0.2) is 5.78 Å². The van der Waals surface area contributed by atoms with E-state index in [0.29, 0.717) is 0 Å². The Morgan fingerprint density at radius 3 is 2.56 bits per heavy atom. The molecule has 1 aromatic heterocycles. The van der Waals surface area contributed by atoms with Gasteiger partial charge in [0.1, 0.15) is 0 Å². The van der Waals surface area contributed by atoms with Crippen LogP contribution in [0.15, 0.2) is 17.5 Å². The first kappa shape index (κ1) is 8.37. The Labute approximate surface area is 59.3 Å². The fourth-order valence-electron chi connectivity index (χ4n) is 0.479. The van der Waals surface area contributed by atoms with E-state index in [9.17, 15) is 4.79 Å². The van der Waals surface area contributed by atoms with Gasteiger partial charge in [-0.2, -0.15) is 0 Å². The molecule has 9 heavy (non-hydrogen) atoms. The first-order valence-electron chi connectivity index (χ1n) is 2.35. The van der Waals surface area contributed by atoms with Crippen molar-refractivity contribution in [1.82, 2.24) is 0 Å². The molecule has 0 aliphatic carbocycles. The third kappa shape index (κ3) is 1.98. The first-order chi connectivity index (χ1) is 3.80. The van der Waals surface area contributed by atoms with Crippen molar-refractivity contribution in [2.75, 3.05) is 0 Å². The van der Waals surface area contributed by atoms with E-state index in [1.165, 1.54) is 11.3 Å². The quantitative estimate of drug-likeness (QED) is 0.551. The maximum Gasteiger partial charge on any atom is 0.169 e. The predicted octanol–water partition coefficient (Wildman–Crippen LogP) is 2.59. The number of Topliss-reactive ketones (excluding diaryl/α,β-unsaturated/α-hetero) is 1. The van der Waals surface area contributed by atoms with Gasteiger partial charge >= 0.3 is 0 Å². The molecule has 0 radical (unpaired) electrons. The minimum Gasteiger partial charge on any atom is -0.294 e. The molecule has 1 heterocycles. The molecule has 1 aromatic rings. The molecule has 0 saturated carbocycles. The van der Waals surface area contributed by atoms with Crippen molar-refractivity contribution in [3.8, 4) is 0 Å². The molecule has 0 atom stereocenters. The summed E-state index contributed by atoms with van der Waals surface area (Å²) in [6.07, 6.45) is 0.